The predicted molar refractivity (Wildman–Crippen MR) is 78.2 cm³/mol. The maximum absolute atomic E-state index is 6.22. The van der Waals surface area contributed by atoms with Crippen molar-refractivity contribution in [2.24, 2.45) is 11.3 Å². The number of thioether (sulfide) groups is 1. The van der Waals surface area contributed by atoms with Crippen LogP contribution >= 0.6 is 11.8 Å². The van der Waals surface area contributed by atoms with E-state index in [1.807, 2.05) is 0 Å². The monoisotopic (exact) mass is 269 g/mol. The maximum Gasteiger partial charge on any atom is 0.0701 e. The lowest BCUT2D eigenvalue weighted by molar-refractivity contribution is -0.110. The minimum Gasteiger partial charge on any atom is -0.375 e. The SMILES string of the molecule is CNC(C1CCOC2(CCSCC2)C1)C1(C)CC1. The van der Waals surface area contributed by atoms with E-state index in [0.717, 1.165) is 12.5 Å². The zero-order valence-corrected chi connectivity index (χ0v) is 12.7. The maximum atomic E-state index is 6.22. The summed E-state index contributed by atoms with van der Waals surface area (Å²) in [5.74, 6) is 3.43. The molecule has 2 atom stereocenters. The first-order valence-corrected chi connectivity index (χ1v) is 8.72. The van der Waals surface area contributed by atoms with Gasteiger partial charge in [0.25, 0.3) is 0 Å². The van der Waals surface area contributed by atoms with Crippen LogP contribution in [0.5, 0.6) is 0 Å². The van der Waals surface area contributed by atoms with Gasteiger partial charge in [-0.3, -0.25) is 0 Å². The Bertz CT molecular complexity index is 291. The number of ether oxygens (including phenoxy) is 1. The van der Waals surface area contributed by atoms with Crippen molar-refractivity contribution < 1.29 is 4.74 Å². The van der Waals surface area contributed by atoms with Gasteiger partial charge in [-0.15, -0.1) is 0 Å². The summed E-state index contributed by atoms with van der Waals surface area (Å²) in [7, 11) is 2.16. The van der Waals surface area contributed by atoms with Gasteiger partial charge < -0.3 is 10.1 Å². The fourth-order valence-corrected chi connectivity index (χ4v) is 5.34. The molecule has 0 aromatic rings. The average Bonchev–Trinajstić information content (AvgIpc) is 3.10. The molecule has 1 spiro atoms. The van der Waals surface area contributed by atoms with Crippen LogP contribution < -0.4 is 5.32 Å². The zero-order chi connectivity index (χ0) is 12.6. The highest BCUT2D eigenvalue weighted by atomic mass is 32.2. The predicted octanol–water partition coefficient (Wildman–Crippen LogP) is 3.07. The molecule has 0 radical (unpaired) electrons. The van der Waals surface area contributed by atoms with Crippen molar-refractivity contribution in [1.82, 2.24) is 5.32 Å². The van der Waals surface area contributed by atoms with Crippen molar-refractivity contribution >= 4 is 11.8 Å². The molecule has 2 heterocycles. The van der Waals surface area contributed by atoms with Gasteiger partial charge in [0.05, 0.1) is 5.60 Å². The van der Waals surface area contributed by atoms with Crippen LogP contribution in [0.15, 0.2) is 0 Å². The molecule has 3 fully saturated rings. The summed E-state index contributed by atoms with van der Waals surface area (Å²) < 4.78 is 6.22. The fourth-order valence-electron chi connectivity index (χ4n) is 4.10. The largest absolute Gasteiger partial charge is 0.375 e. The summed E-state index contributed by atoms with van der Waals surface area (Å²) >= 11 is 2.10. The Kier molecular flexibility index (Phi) is 3.68. The van der Waals surface area contributed by atoms with Crippen molar-refractivity contribution in [3.63, 3.8) is 0 Å². The quantitative estimate of drug-likeness (QED) is 0.851. The highest BCUT2D eigenvalue weighted by molar-refractivity contribution is 7.99. The van der Waals surface area contributed by atoms with E-state index in [-0.39, 0.29) is 5.60 Å². The standard InChI is InChI=1S/C15H27NOS/c1-14(4-5-14)13(16-2)12-3-8-17-15(11-12)6-9-18-10-7-15/h12-13,16H,3-11H2,1-2H3. The van der Waals surface area contributed by atoms with E-state index in [1.54, 1.807) is 0 Å². The van der Waals surface area contributed by atoms with E-state index in [4.69, 9.17) is 4.74 Å². The van der Waals surface area contributed by atoms with Crippen molar-refractivity contribution in [1.29, 1.82) is 0 Å². The first kappa shape index (κ1) is 13.3. The summed E-state index contributed by atoms with van der Waals surface area (Å²) in [6.07, 6.45) is 7.95. The molecule has 3 rings (SSSR count). The highest BCUT2D eigenvalue weighted by Crippen LogP contribution is 2.53. The molecular weight excluding hydrogens is 242 g/mol. The van der Waals surface area contributed by atoms with E-state index in [1.165, 1.54) is 50.0 Å². The Labute approximate surface area is 116 Å². The molecule has 1 N–H and O–H groups in total. The van der Waals surface area contributed by atoms with Crippen LogP contribution in [0.1, 0.15) is 45.4 Å². The Morgan fingerprint density at radius 1 is 1.22 bits per heavy atom. The molecule has 1 aliphatic carbocycles. The lowest BCUT2D eigenvalue weighted by atomic mass is 9.74. The van der Waals surface area contributed by atoms with E-state index in [9.17, 15) is 0 Å². The minimum absolute atomic E-state index is 0.245. The summed E-state index contributed by atoms with van der Waals surface area (Å²) in [6, 6.07) is 0.716. The first-order chi connectivity index (χ1) is 8.68. The molecule has 104 valence electrons. The minimum atomic E-state index is 0.245. The zero-order valence-electron chi connectivity index (χ0n) is 11.8. The van der Waals surface area contributed by atoms with Crippen LogP contribution in [0.25, 0.3) is 0 Å². The number of hydrogen-bond acceptors (Lipinski definition) is 3. The smallest absolute Gasteiger partial charge is 0.0701 e. The van der Waals surface area contributed by atoms with Crippen molar-refractivity contribution in [3.8, 4) is 0 Å². The third-order valence-corrected chi connectivity index (χ3v) is 6.49. The second-order valence-electron chi connectivity index (χ2n) is 6.82. The van der Waals surface area contributed by atoms with Gasteiger partial charge >= 0.3 is 0 Å². The molecule has 2 nitrogen and oxygen atoms in total. The first-order valence-electron chi connectivity index (χ1n) is 7.57. The van der Waals surface area contributed by atoms with Crippen LogP contribution in [0, 0.1) is 11.3 Å². The highest BCUT2D eigenvalue weighted by Gasteiger charge is 2.50. The van der Waals surface area contributed by atoms with Crippen molar-refractivity contribution in [2.75, 3.05) is 25.2 Å². The third-order valence-electron chi connectivity index (χ3n) is 5.51. The fraction of sp³-hybridized carbons (Fsp3) is 1.00. The van der Waals surface area contributed by atoms with Crippen LogP contribution in [-0.4, -0.2) is 36.8 Å². The molecule has 0 aromatic carbocycles. The Hall–Kier alpha value is 0.270. The molecule has 0 aromatic heterocycles. The second kappa shape index (κ2) is 4.99. The van der Waals surface area contributed by atoms with Crippen LogP contribution in [0.4, 0.5) is 0 Å². The van der Waals surface area contributed by atoms with Crippen molar-refractivity contribution in [3.05, 3.63) is 0 Å². The topological polar surface area (TPSA) is 21.3 Å². The van der Waals surface area contributed by atoms with E-state index >= 15 is 0 Å². The van der Waals surface area contributed by atoms with Crippen LogP contribution in [0.3, 0.4) is 0 Å². The lowest BCUT2D eigenvalue weighted by Gasteiger charge is -2.46. The molecule has 1 saturated carbocycles. The van der Waals surface area contributed by atoms with Crippen molar-refractivity contribution in [2.45, 2.75) is 57.1 Å². The van der Waals surface area contributed by atoms with E-state index < -0.39 is 0 Å². The van der Waals surface area contributed by atoms with Gasteiger partial charge in [0.2, 0.25) is 0 Å². The van der Waals surface area contributed by atoms with Gasteiger partial charge in [-0.25, -0.2) is 0 Å². The summed E-state index contributed by atoms with van der Waals surface area (Å²) in [5, 5.41) is 3.64. The molecule has 3 heteroatoms. The third kappa shape index (κ3) is 2.46. The van der Waals surface area contributed by atoms with Gasteiger partial charge in [0, 0.05) is 12.6 Å². The lowest BCUT2D eigenvalue weighted by Crippen LogP contribution is -2.50. The van der Waals surface area contributed by atoms with Crippen LogP contribution in [0.2, 0.25) is 0 Å². The van der Waals surface area contributed by atoms with E-state index in [2.05, 4.69) is 31.1 Å². The molecular formula is C15H27NOS. The van der Waals surface area contributed by atoms with Gasteiger partial charge in [0.15, 0.2) is 0 Å². The molecule has 2 saturated heterocycles. The molecule has 2 aliphatic heterocycles. The Morgan fingerprint density at radius 3 is 2.56 bits per heavy atom. The van der Waals surface area contributed by atoms with E-state index in [0.29, 0.717) is 11.5 Å². The number of rotatable bonds is 3. The summed E-state index contributed by atoms with van der Waals surface area (Å²) in [4.78, 5) is 0. The summed E-state index contributed by atoms with van der Waals surface area (Å²) in [5.41, 5.74) is 0.829. The normalized spacial score (nSPS) is 35.3. The van der Waals surface area contributed by atoms with Gasteiger partial charge in [-0.1, -0.05) is 6.92 Å². The Morgan fingerprint density at radius 2 is 1.94 bits per heavy atom. The molecule has 0 bridgehead atoms. The Balaban J connectivity index is 1.69. The number of nitrogens with one attached hydrogen (secondary N) is 1. The number of hydrogen-bond donors (Lipinski definition) is 1. The molecule has 18 heavy (non-hydrogen) atoms. The molecule has 3 aliphatic rings. The van der Waals surface area contributed by atoms with Gasteiger partial charge in [-0.05, 0) is 68.4 Å². The van der Waals surface area contributed by atoms with Gasteiger partial charge in [0.1, 0.15) is 0 Å². The molecule has 0 amide bonds. The van der Waals surface area contributed by atoms with Gasteiger partial charge in [-0.2, -0.15) is 11.8 Å². The molecule has 2 unspecified atom stereocenters. The van der Waals surface area contributed by atoms with Crippen LogP contribution in [-0.2, 0) is 4.74 Å². The average molecular weight is 269 g/mol. The summed E-state index contributed by atoms with van der Waals surface area (Å²) in [6.45, 7) is 3.45. The second-order valence-corrected chi connectivity index (χ2v) is 8.04.